The number of likely N-dealkylation sites (N-methyl/N-ethyl adjacent to an activating group) is 1. The molecule has 1 saturated carbocycles. The van der Waals surface area contributed by atoms with Gasteiger partial charge in [0.2, 0.25) is 11.8 Å². The van der Waals surface area contributed by atoms with Crippen LogP contribution in [-0.2, 0) is 9.59 Å². The maximum atomic E-state index is 12.6. The monoisotopic (exact) mass is 345 g/mol. The molecule has 0 spiro atoms. The van der Waals surface area contributed by atoms with Gasteiger partial charge in [-0.1, -0.05) is 43.5 Å². The van der Waals surface area contributed by atoms with Crippen LogP contribution >= 0.6 is 0 Å². The number of hydrogen-bond acceptors (Lipinski definition) is 3. The van der Waals surface area contributed by atoms with E-state index in [9.17, 15) is 9.59 Å². The number of amides is 2. The van der Waals surface area contributed by atoms with E-state index in [2.05, 4.69) is 10.6 Å². The van der Waals surface area contributed by atoms with Crippen molar-refractivity contribution in [3.8, 4) is 0 Å². The highest BCUT2D eigenvalue weighted by atomic mass is 16.2. The van der Waals surface area contributed by atoms with Crippen LogP contribution in [0.1, 0.15) is 55.7 Å². The Bertz CT molecular complexity index is 580. The van der Waals surface area contributed by atoms with E-state index in [4.69, 9.17) is 0 Å². The summed E-state index contributed by atoms with van der Waals surface area (Å²) in [5, 5.41) is 6.00. The Labute approximate surface area is 151 Å². The predicted molar refractivity (Wildman–Crippen MR) is 100 cm³/mol. The van der Waals surface area contributed by atoms with Gasteiger partial charge in [-0.05, 0) is 45.0 Å². The fraction of sp³-hybridized carbons (Fsp3) is 0.600. The normalized spacial score (nSPS) is 16.5. The summed E-state index contributed by atoms with van der Waals surface area (Å²) in [6.07, 6.45) is 6.15. The highest BCUT2D eigenvalue weighted by molar-refractivity contribution is 5.84. The molecule has 0 heterocycles. The molecular weight excluding hydrogens is 314 g/mol. The molecule has 0 bridgehead atoms. The van der Waals surface area contributed by atoms with Gasteiger partial charge in [0.1, 0.15) is 6.04 Å². The van der Waals surface area contributed by atoms with Crippen LogP contribution in [0.25, 0.3) is 0 Å². The number of nitrogens with zero attached hydrogens (tertiary/aromatic N) is 1. The molecule has 1 aliphatic rings. The summed E-state index contributed by atoms with van der Waals surface area (Å²) < 4.78 is 0. The summed E-state index contributed by atoms with van der Waals surface area (Å²) in [5.74, 6) is -0.0331. The average Bonchev–Trinajstić information content (AvgIpc) is 2.57. The van der Waals surface area contributed by atoms with Gasteiger partial charge in [-0.2, -0.15) is 0 Å². The van der Waals surface area contributed by atoms with Gasteiger partial charge in [0.05, 0.1) is 0 Å². The Hall–Kier alpha value is -1.88. The zero-order chi connectivity index (χ0) is 18.2. The van der Waals surface area contributed by atoms with Gasteiger partial charge in [-0.3, -0.25) is 14.5 Å². The summed E-state index contributed by atoms with van der Waals surface area (Å²) in [6, 6.07) is 7.88. The largest absolute Gasteiger partial charge is 0.354 e. The Balaban J connectivity index is 1.83. The Morgan fingerprint density at radius 3 is 2.48 bits per heavy atom. The minimum absolute atomic E-state index is 0.0319. The fourth-order valence-electron chi connectivity index (χ4n) is 3.49. The smallest absolute Gasteiger partial charge is 0.241 e. The van der Waals surface area contributed by atoms with Crippen LogP contribution in [0, 0.1) is 6.92 Å². The minimum Gasteiger partial charge on any atom is -0.354 e. The highest BCUT2D eigenvalue weighted by Crippen LogP contribution is 2.22. The molecule has 1 aromatic rings. The number of hydrogen-bond donors (Lipinski definition) is 2. The molecule has 138 valence electrons. The number of benzene rings is 1. The van der Waals surface area contributed by atoms with Crippen molar-refractivity contribution in [2.24, 2.45) is 0 Å². The van der Waals surface area contributed by atoms with Crippen molar-refractivity contribution < 1.29 is 9.59 Å². The van der Waals surface area contributed by atoms with Gasteiger partial charge in [-0.25, -0.2) is 0 Å². The van der Waals surface area contributed by atoms with Crippen LogP contribution < -0.4 is 10.6 Å². The quantitative estimate of drug-likeness (QED) is 0.798. The first-order valence-corrected chi connectivity index (χ1v) is 9.28. The fourth-order valence-corrected chi connectivity index (χ4v) is 3.49. The van der Waals surface area contributed by atoms with Crippen molar-refractivity contribution in [3.05, 3.63) is 35.4 Å². The lowest BCUT2D eigenvalue weighted by molar-refractivity contribution is -0.126. The van der Waals surface area contributed by atoms with E-state index in [0.717, 1.165) is 24.0 Å². The second-order valence-electron chi connectivity index (χ2n) is 7.17. The summed E-state index contributed by atoms with van der Waals surface area (Å²) >= 11 is 0. The molecule has 1 aromatic carbocycles. The molecule has 0 radical (unpaired) electrons. The zero-order valence-corrected chi connectivity index (χ0v) is 15.7. The van der Waals surface area contributed by atoms with E-state index >= 15 is 0 Å². The van der Waals surface area contributed by atoms with E-state index in [-0.39, 0.29) is 17.9 Å². The molecular formula is C20H31N3O2. The maximum Gasteiger partial charge on any atom is 0.241 e. The third-order valence-electron chi connectivity index (χ3n) is 4.87. The third kappa shape index (κ3) is 5.85. The standard InChI is InChI=1S/C20H31N3O2/c1-15-9-7-8-12-17(15)19(23(2)3)20(25)21-14-13-18(24)22-16-10-5-4-6-11-16/h7-9,12,16,19H,4-6,10-11,13-14H2,1-3H3,(H,21,25)(H,22,24). The highest BCUT2D eigenvalue weighted by Gasteiger charge is 2.24. The molecule has 2 N–H and O–H groups in total. The van der Waals surface area contributed by atoms with Crippen molar-refractivity contribution >= 4 is 11.8 Å². The molecule has 1 fully saturated rings. The second kappa shape index (κ2) is 9.56. The lowest BCUT2D eigenvalue weighted by atomic mass is 9.95. The Morgan fingerprint density at radius 2 is 1.84 bits per heavy atom. The number of carbonyl (C=O) groups excluding carboxylic acids is 2. The number of carbonyl (C=O) groups is 2. The van der Waals surface area contributed by atoms with Crippen molar-refractivity contribution in [2.45, 2.75) is 57.5 Å². The van der Waals surface area contributed by atoms with Gasteiger partial charge >= 0.3 is 0 Å². The molecule has 0 aliphatic heterocycles. The maximum absolute atomic E-state index is 12.6. The van der Waals surface area contributed by atoms with Gasteiger partial charge < -0.3 is 10.6 Å². The molecule has 1 aliphatic carbocycles. The summed E-state index contributed by atoms with van der Waals surface area (Å²) in [5.41, 5.74) is 2.09. The summed E-state index contributed by atoms with van der Waals surface area (Å²) in [4.78, 5) is 26.6. The molecule has 0 aromatic heterocycles. The van der Waals surface area contributed by atoms with Crippen LogP contribution in [0.4, 0.5) is 0 Å². The minimum atomic E-state index is -0.345. The number of aryl methyl sites for hydroxylation is 1. The van der Waals surface area contributed by atoms with Crippen LogP contribution in [0.5, 0.6) is 0 Å². The first-order chi connectivity index (χ1) is 12.0. The molecule has 5 nitrogen and oxygen atoms in total. The summed E-state index contributed by atoms with van der Waals surface area (Å²) in [7, 11) is 3.79. The van der Waals surface area contributed by atoms with E-state index in [1.165, 1.54) is 19.3 Å². The second-order valence-corrected chi connectivity index (χ2v) is 7.17. The summed E-state index contributed by atoms with van der Waals surface area (Å²) in [6.45, 7) is 2.38. The third-order valence-corrected chi connectivity index (χ3v) is 4.87. The van der Waals surface area contributed by atoms with E-state index < -0.39 is 0 Å². The predicted octanol–water partition coefficient (Wildman–Crippen LogP) is 2.55. The molecule has 1 atom stereocenters. The van der Waals surface area contributed by atoms with Gasteiger partial charge in [-0.15, -0.1) is 0 Å². The van der Waals surface area contributed by atoms with E-state index in [1.807, 2.05) is 50.2 Å². The van der Waals surface area contributed by atoms with E-state index in [1.54, 1.807) is 0 Å². The number of rotatable bonds is 7. The van der Waals surface area contributed by atoms with Crippen LogP contribution in [0.3, 0.4) is 0 Å². The number of nitrogens with one attached hydrogen (secondary N) is 2. The Kier molecular flexibility index (Phi) is 7.44. The molecule has 25 heavy (non-hydrogen) atoms. The zero-order valence-electron chi connectivity index (χ0n) is 15.7. The molecule has 1 unspecified atom stereocenters. The molecule has 5 heteroatoms. The van der Waals surface area contributed by atoms with Crippen molar-refractivity contribution in [3.63, 3.8) is 0 Å². The van der Waals surface area contributed by atoms with Gasteiger partial charge in [0.25, 0.3) is 0 Å². The lowest BCUT2D eigenvalue weighted by Gasteiger charge is -2.25. The first kappa shape index (κ1) is 19.4. The van der Waals surface area contributed by atoms with Crippen molar-refractivity contribution in [1.82, 2.24) is 15.5 Å². The average molecular weight is 345 g/mol. The van der Waals surface area contributed by atoms with Crippen LogP contribution in [0.15, 0.2) is 24.3 Å². The topological polar surface area (TPSA) is 61.4 Å². The van der Waals surface area contributed by atoms with Crippen LogP contribution in [-0.4, -0.2) is 43.4 Å². The Morgan fingerprint density at radius 1 is 1.16 bits per heavy atom. The lowest BCUT2D eigenvalue weighted by Crippen LogP contribution is -2.41. The van der Waals surface area contributed by atoms with Crippen molar-refractivity contribution in [2.75, 3.05) is 20.6 Å². The molecule has 2 rings (SSSR count). The van der Waals surface area contributed by atoms with Crippen molar-refractivity contribution in [1.29, 1.82) is 0 Å². The van der Waals surface area contributed by atoms with E-state index in [0.29, 0.717) is 19.0 Å². The molecule has 2 amide bonds. The van der Waals surface area contributed by atoms with Crippen LogP contribution in [0.2, 0.25) is 0 Å². The SMILES string of the molecule is Cc1ccccc1C(C(=O)NCCC(=O)NC1CCCCC1)N(C)C. The van der Waals surface area contributed by atoms with Gasteiger partial charge in [0.15, 0.2) is 0 Å². The first-order valence-electron chi connectivity index (χ1n) is 9.28. The molecule has 0 saturated heterocycles. The van der Waals surface area contributed by atoms with Gasteiger partial charge in [0, 0.05) is 19.0 Å².